The van der Waals surface area contributed by atoms with Gasteiger partial charge in [0.05, 0.1) is 24.1 Å². The lowest BCUT2D eigenvalue weighted by atomic mass is 10.1. The second kappa shape index (κ2) is 7.90. The first-order chi connectivity index (χ1) is 12.1. The third-order valence-corrected chi connectivity index (χ3v) is 4.36. The fourth-order valence-electron chi connectivity index (χ4n) is 2.31. The van der Waals surface area contributed by atoms with Gasteiger partial charge in [0.15, 0.2) is 0 Å². The lowest BCUT2D eigenvalue weighted by Crippen LogP contribution is -2.27. The molecule has 1 heterocycles. The Labute approximate surface area is 154 Å². The van der Waals surface area contributed by atoms with E-state index < -0.39 is 0 Å². The van der Waals surface area contributed by atoms with Gasteiger partial charge in [0.2, 0.25) is 0 Å². The van der Waals surface area contributed by atoms with Gasteiger partial charge in [0.25, 0.3) is 5.91 Å². The Morgan fingerprint density at radius 3 is 2.40 bits per heavy atom. The van der Waals surface area contributed by atoms with Crippen molar-refractivity contribution in [1.82, 2.24) is 15.3 Å². The number of benzene rings is 2. The molecule has 0 saturated heterocycles. The number of aromatic nitrogens is 2. The molecule has 1 atom stereocenters. The lowest BCUT2D eigenvalue weighted by molar-refractivity contribution is 0.0934. The molecule has 0 aliphatic heterocycles. The maximum Gasteiger partial charge on any atom is 0.271 e. The number of nitrogens with one attached hydrogen (secondary N) is 2. The minimum atomic E-state index is -0.253. The molecule has 2 aromatic carbocycles. The summed E-state index contributed by atoms with van der Waals surface area (Å²) in [4.78, 5) is 20.8. The maximum absolute atomic E-state index is 12.3. The number of para-hydroxylation sites is 1. The molecule has 1 amide bonds. The highest BCUT2D eigenvalue weighted by molar-refractivity contribution is 9.10. The molecule has 0 saturated carbocycles. The van der Waals surface area contributed by atoms with Crippen molar-refractivity contribution in [3.63, 3.8) is 0 Å². The number of anilines is 2. The molecule has 1 aromatic heterocycles. The quantitative estimate of drug-likeness (QED) is 0.667. The molecule has 25 heavy (non-hydrogen) atoms. The number of carbonyl (C=O) groups excluding carboxylic acids is 1. The van der Waals surface area contributed by atoms with E-state index in [0.29, 0.717) is 5.82 Å². The van der Waals surface area contributed by atoms with Crippen molar-refractivity contribution in [3.05, 3.63) is 82.7 Å². The van der Waals surface area contributed by atoms with E-state index in [1.165, 1.54) is 6.20 Å². The van der Waals surface area contributed by atoms with Crippen LogP contribution in [0.3, 0.4) is 0 Å². The van der Waals surface area contributed by atoms with E-state index in [-0.39, 0.29) is 17.6 Å². The third-order valence-electron chi connectivity index (χ3n) is 3.67. The molecular formula is C19H17BrN4O. The molecule has 0 bridgehead atoms. The van der Waals surface area contributed by atoms with Crippen molar-refractivity contribution in [3.8, 4) is 0 Å². The van der Waals surface area contributed by atoms with Crippen molar-refractivity contribution in [2.45, 2.75) is 13.0 Å². The molecule has 0 radical (unpaired) electrons. The van der Waals surface area contributed by atoms with Crippen molar-refractivity contribution >= 4 is 33.3 Å². The number of halogens is 1. The third kappa shape index (κ3) is 4.42. The summed E-state index contributed by atoms with van der Waals surface area (Å²) < 4.78 is 0.926. The number of amides is 1. The maximum atomic E-state index is 12.3. The number of carbonyl (C=O) groups is 1. The highest BCUT2D eigenvalue weighted by Crippen LogP contribution is 2.24. The van der Waals surface area contributed by atoms with Gasteiger partial charge >= 0.3 is 0 Å². The first-order valence-corrected chi connectivity index (χ1v) is 8.62. The van der Waals surface area contributed by atoms with Crippen LogP contribution in [0.2, 0.25) is 0 Å². The minimum Gasteiger partial charge on any atom is -0.344 e. The normalized spacial score (nSPS) is 11.6. The van der Waals surface area contributed by atoms with Gasteiger partial charge in [-0.05, 0) is 40.5 Å². The van der Waals surface area contributed by atoms with E-state index in [4.69, 9.17) is 0 Å². The Morgan fingerprint density at radius 2 is 1.72 bits per heavy atom. The predicted octanol–water partition coefficient (Wildman–Crippen LogP) is 4.47. The summed E-state index contributed by atoms with van der Waals surface area (Å²) in [6, 6.07) is 17.4. The molecule has 3 aromatic rings. The molecule has 0 aliphatic carbocycles. The fourth-order valence-corrected chi connectivity index (χ4v) is 2.69. The van der Waals surface area contributed by atoms with Gasteiger partial charge in [0.1, 0.15) is 11.5 Å². The highest BCUT2D eigenvalue weighted by Gasteiger charge is 2.13. The van der Waals surface area contributed by atoms with Gasteiger partial charge in [-0.3, -0.25) is 4.79 Å². The lowest BCUT2D eigenvalue weighted by Gasteiger charge is -2.14. The molecular weight excluding hydrogens is 380 g/mol. The average molecular weight is 397 g/mol. The van der Waals surface area contributed by atoms with Crippen LogP contribution in [-0.2, 0) is 0 Å². The van der Waals surface area contributed by atoms with Crippen molar-refractivity contribution < 1.29 is 4.79 Å². The van der Waals surface area contributed by atoms with Crippen LogP contribution in [0.15, 0.2) is 71.5 Å². The van der Waals surface area contributed by atoms with E-state index in [9.17, 15) is 4.79 Å². The first-order valence-electron chi connectivity index (χ1n) is 7.83. The van der Waals surface area contributed by atoms with E-state index in [1.807, 2.05) is 61.5 Å². The van der Waals surface area contributed by atoms with Gasteiger partial charge in [-0.25, -0.2) is 9.97 Å². The smallest absolute Gasteiger partial charge is 0.271 e. The summed E-state index contributed by atoms with van der Waals surface area (Å²) in [5, 5.41) is 6.07. The van der Waals surface area contributed by atoms with Gasteiger partial charge < -0.3 is 10.6 Å². The van der Waals surface area contributed by atoms with E-state index in [0.717, 1.165) is 15.7 Å². The predicted molar refractivity (Wildman–Crippen MR) is 102 cm³/mol. The zero-order valence-electron chi connectivity index (χ0n) is 13.6. The van der Waals surface area contributed by atoms with Gasteiger partial charge in [-0.1, -0.05) is 42.5 Å². The summed E-state index contributed by atoms with van der Waals surface area (Å²) in [5.74, 6) is 0.316. The van der Waals surface area contributed by atoms with Crippen LogP contribution < -0.4 is 10.6 Å². The zero-order chi connectivity index (χ0) is 17.6. The van der Waals surface area contributed by atoms with Gasteiger partial charge in [0, 0.05) is 4.47 Å². The van der Waals surface area contributed by atoms with Crippen LogP contribution in [0.4, 0.5) is 11.5 Å². The Kier molecular flexibility index (Phi) is 5.40. The Hall–Kier alpha value is -2.73. The summed E-state index contributed by atoms with van der Waals surface area (Å²) in [7, 11) is 0. The zero-order valence-corrected chi connectivity index (χ0v) is 15.2. The van der Waals surface area contributed by atoms with Crippen molar-refractivity contribution in [2.75, 3.05) is 5.32 Å². The fraction of sp³-hybridized carbons (Fsp3) is 0.105. The average Bonchev–Trinajstić information content (AvgIpc) is 2.65. The van der Waals surface area contributed by atoms with Crippen molar-refractivity contribution in [2.24, 2.45) is 0 Å². The summed E-state index contributed by atoms with van der Waals surface area (Å²) >= 11 is 3.47. The largest absolute Gasteiger partial charge is 0.344 e. The van der Waals surface area contributed by atoms with E-state index >= 15 is 0 Å². The van der Waals surface area contributed by atoms with E-state index in [2.05, 4.69) is 36.5 Å². The second-order valence-electron chi connectivity index (χ2n) is 5.50. The molecule has 1 unspecified atom stereocenters. The van der Waals surface area contributed by atoms with Gasteiger partial charge in [-0.2, -0.15) is 0 Å². The Balaban J connectivity index is 1.65. The van der Waals surface area contributed by atoms with Crippen molar-refractivity contribution in [1.29, 1.82) is 0 Å². The van der Waals surface area contributed by atoms with E-state index in [1.54, 1.807) is 6.20 Å². The SMILES string of the molecule is CC(NC(=O)c1cnc(Nc2ccccc2Br)cn1)c1ccccc1. The molecule has 3 rings (SSSR count). The molecule has 126 valence electrons. The van der Waals surface area contributed by atoms with Crippen LogP contribution >= 0.6 is 15.9 Å². The summed E-state index contributed by atoms with van der Waals surface area (Å²) in [6.45, 7) is 1.93. The van der Waals surface area contributed by atoms with Crippen LogP contribution in [0.1, 0.15) is 29.0 Å². The van der Waals surface area contributed by atoms with Crippen LogP contribution in [0.25, 0.3) is 0 Å². The first kappa shape index (κ1) is 17.1. The number of nitrogens with zero attached hydrogens (tertiary/aromatic N) is 2. The topological polar surface area (TPSA) is 66.9 Å². The highest BCUT2D eigenvalue weighted by atomic mass is 79.9. The number of hydrogen-bond donors (Lipinski definition) is 2. The molecule has 0 aliphatic rings. The summed E-state index contributed by atoms with van der Waals surface area (Å²) in [5.41, 5.74) is 2.20. The second-order valence-corrected chi connectivity index (χ2v) is 6.35. The monoisotopic (exact) mass is 396 g/mol. The van der Waals surface area contributed by atoms with Gasteiger partial charge in [-0.15, -0.1) is 0 Å². The Bertz CT molecular complexity index is 853. The number of hydrogen-bond acceptors (Lipinski definition) is 4. The molecule has 0 spiro atoms. The number of rotatable bonds is 5. The van der Waals surface area contributed by atoms with Crippen LogP contribution in [-0.4, -0.2) is 15.9 Å². The van der Waals surface area contributed by atoms with Crippen LogP contribution in [0.5, 0.6) is 0 Å². The molecule has 0 fully saturated rings. The molecule has 2 N–H and O–H groups in total. The molecule has 5 nitrogen and oxygen atoms in total. The minimum absolute atomic E-state index is 0.103. The molecule has 6 heteroatoms. The standard InChI is InChI=1S/C19H17BrN4O/c1-13(14-7-3-2-4-8-14)23-19(25)17-11-22-18(12-21-17)24-16-10-6-5-9-15(16)20/h2-13H,1H3,(H,22,24)(H,23,25). The Morgan fingerprint density at radius 1 is 1.00 bits per heavy atom. The summed E-state index contributed by atoms with van der Waals surface area (Å²) in [6.07, 6.45) is 3.01. The van der Waals surface area contributed by atoms with Crippen LogP contribution in [0, 0.1) is 0 Å².